The smallest absolute Gasteiger partial charge is 0.0680 e. The first kappa shape index (κ1) is 11.2. The van der Waals surface area contributed by atoms with Gasteiger partial charge in [-0.1, -0.05) is 20.8 Å². The van der Waals surface area contributed by atoms with Crippen LogP contribution in [-0.4, -0.2) is 15.8 Å². The summed E-state index contributed by atoms with van der Waals surface area (Å²) in [5.74, 6) is 0. The summed E-state index contributed by atoms with van der Waals surface area (Å²) in [6.45, 7) is 8.53. The summed E-state index contributed by atoms with van der Waals surface area (Å²) in [5, 5.41) is 4.50. The lowest BCUT2D eigenvalue weighted by Crippen LogP contribution is -2.19. The third-order valence-electron chi connectivity index (χ3n) is 2.28. The van der Waals surface area contributed by atoms with Gasteiger partial charge in [-0.2, -0.15) is 5.10 Å². The fraction of sp³-hybridized carbons (Fsp3) is 0.727. The molecule has 0 aliphatic heterocycles. The molecule has 14 heavy (non-hydrogen) atoms. The lowest BCUT2D eigenvalue weighted by molar-refractivity contribution is 0.550. The second-order valence-electron chi connectivity index (χ2n) is 5.08. The van der Waals surface area contributed by atoms with Crippen LogP contribution in [0, 0.1) is 0 Å². The number of nitrogens with zero attached hydrogens (tertiary/aromatic N) is 2. The van der Waals surface area contributed by atoms with Gasteiger partial charge in [-0.05, 0) is 13.0 Å². The molecule has 0 aliphatic carbocycles. The van der Waals surface area contributed by atoms with Gasteiger partial charge in [-0.3, -0.25) is 4.68 Å². The van der Waals surface area contributed by atoms with Gasteiger partial charge in [0.25, 0.3) is 0 Å². The van der Waals surface area contributed by atoms with E-state index in [1.54, 1.807) is 0 Å². The molecule has 0 bridgehead atoms. The van der Waals surface area contributed by atoms with Crippen LogP contribution in [0.15, 0.2) is 6.07 Å². The number of hydrogen-bond donors (Lipinski definition) is 1. The molecule has 1 heterocycles. The van der Waals surface area contributed by atoms with Gasteiger partial charge >= 0.3 is 0 Å². The first-order chi connectivity index (χ1) is 6.30. The van der Waals surface area contributed by atoms with Crippen LogP contribution in [0.4, 0.5) is 0 Å². The highest BCUT2D eigenvalue weighted by Gasteiger charge is 2.18. The Morgan fingerprint density at radius 3 is 2.43 bits per heavy atom. The van der Waals surface area contributed by atoms with Crippen molar-refractivity contribution in [3.05, 3.63) is 17.5 Å². The van der Waals surface area contributed by atoms with E-state index in [0.29, 0.717) is 0 Å². The van der Waals surface area contributed by atoms with Crippen LogP contribution in [0.25, 0.3) is 0 Å². The van der Waals surface area contributed by atoms with Crippen molar-refractivity contribution in [1.82, 2.24) is 9.78 Å². The van der Waals surface area contributed by atoms with E-state index in [0.717, 1.165) is 12.1 Å². The van der Waals surface area contributed by atoms with E-state index in [4.69, 9.17) is 5.73 Å². The van der Waals surface area contributed by atoms with Crippen LogP contribution in [-0.2, 0) is 18.9 Å². The largest absolute Gasteiger partial charge is 0.328 e. The fourth-order valence-electron chi connectivity index (χ4n) is 1.39. The predicted octanol–water partition coefficient (Wildman–Crippen LogP) is 1.61. The molecule has 0 amide bonds. The lowest BCUT2D eigenvalue weighted by atomic mass is 9.92. The van der Waals surface area contributed by atoms with Gasteiger partial charge in [0.15, 0.2) is 0 Å². The molecule has 0 aliphatic rings. The van der Waals surface area contributed by atoms with E-state index in [2.05, 4.69) is 31.9 Å². The molecule has 80 valence electrons. The minimum atomic E-state index is 0.119. The van der Waals surface area contributed by atoms with E-state index in [9.17, 15) is 0 Å². The number of hydrogen-bond acceptors (Lipinski definition) is 2. The molecule has 1 rings (SSSR count). The Balaban J connectivity index is 2.94. The van der Waals surface area contributed by atoms with Crippen molar-refractivity contribution in [2.75, 3.05) is 0 Å². The summed E-state index contributed by atoms with van der Waals surface area (Å²) in [5.41, 5.74) is 8.24. The van der Waals surface area contributed by atoms with Crippen LogP contribution >= 0.6 is 0 Å². The van der Waals surface area contributed by atoms with Crippen molar-refractivity contribution in [3.63, 3.8) is 0 Å². The van der Waals surface area contributed by atoms with Gasteiger partial charge in [0.2, 0.25) is 0 Å². The average molecular weight is 195 g/mol. The Labute approximate surface area is 86.3 Å². The lowest BCUT2D eigenvalue weighted by Gasteiger charge is -2.13. The van der Waals surface area contributed by atoms with E-state index in [1.165, 1.54) is 5.69 Å². The van der Waals surface area contributed by atoms with E-state index >= 15 is 0 Å². The van der Waals surface area contributed by atoms with Gasteiger partial charge in [0, 0.05) is 30.6 Å². The topological polar surface area (TPSA) is 43.8 Å². The molecule has 1 aromatic heterocycles. The third-order valence-corrected chi connectivity index (χ3v) is 2.28. The summed E-state index contributed by atoms with van der Waals surface area (Å²) in [6.07, 6.45) is 0.888. The Hall–Kier alpha value is -0.830. The number of rotatable bonds is 2. The molecule has 3 heteroatoms. The van der Waals surface area contributed by atoms with Gasteiger partial charge in [-0.15, -0.1) is 0 Å². The van der Waals surface area contributed by atoms with Crippen LogP contribution in [0.2, 0.25) is 0 Å². The minimum Gasteiger partial charge on any atom is -0.328 e. The van der Waals surface area contributed by atoms with E-state index in [-0.39, 0.29) is 11.5 Å². The molecule has 3 nitrogen and oxygen atoms in total. The second kappa shape index (κ2) is 3.73. The minimum absolute atomic E-state index is 0.119. The Kier molecular flexibility index (Phi) is 3.00. The first-order valence-corrected chi connectivity index (χ1v) is 5.09. The molecule has 0 spiro atoms. The van der Waals surface area contributed by atoms with Gasteiger partial charge in [0.05, 0.1) is 5.69 Å². The van der Waals surface area contributed by atoms with Crippen molar-refractivity contribution < 1.29 is 0 Å². The normalized spacial score (nSPS) is 14.4. The molecular weight excluding hydrogens is 174 g/mol. The maximum Gasteiger partial charge on any atom is 0.0680 e. The summed E-state index contributed by atoms with van der Waals surface area (Å²) in [4.78, 5) is 0. The van der Waals surface area contributed by atoms with Gasteiger partial charge in [-0.25, -0.2) is 0 Å². The van der Waals surface area contributed by atoms with Crippen LogP contribution in [0.1, 0.15) is 39.1 Å². The number of aryl methyl sites for hydroxylation is 1. The molecule has 0 aromatic carbocycles. The van der Waals surface area contributed by atoms with E-state index < -0.39 is 0 Å². The summed E-state index contributed by atoms with van der Waals surface area (Å²) in [6, 6.07) is 2.35. The molecule has 0 saturated heterocycles. The Morgan fingerprint density at radius 2 is 2.07 bits per heavy atom. The zero-order chi connectivity index (χ0) is 10.9. The van der Waals surface area contributed by atoms with Crippen LogP contribution in [0.5, 0.6) is 0 Å². The zero-order valence-electron chi connectivity index (χ0n) is 9.83. The molecule has 0 radical (unpaired) electrons. The molecule has 0 unspecified atom stereocenters. The highest BCUT2D eigenvalue weighted by Crippen LogP contribution is 2.21. The molecule has 0 fully saturated rings. The first-order valence-electron chi connectivity index (χ1n) is 5.09. The van der Waals surface area contributed by atoms with Gasteiger partial charge in [0.1, 0.15) is 0 Å². The van der Waals surface area contributed by atoms with Crippen LogP contribution in [0.3, 0.4) is 0 Å². The monoisotopic (exact) mass is 195 g/mol. The summed E-state index contributed by atoms with van der Waals surface area (Å²) < 4.78 is 1.93. The number of nitrogens with two attached hydrogens (primary N) is 1. The van der Waals surface area contributed by atoms with Crippen molar-refractivity contribution in [2.45, 2.75) is 45.6 Å². The van der Waals surface area contributed by atoms with Crippen molar-refractivity contribution in [2.24, 2.45) is 12.8 Å². The maximum absolute atomic E-state index is 5.77. The quantitative estimate of drug-likeness (QED) is 0.779. The van der Waals surface area contributed by atoms with Crippen molar-refractivity contribution in [3.8, 4) is 0 Å². The average Bonchev–Trinajstić information content (AvgIpc) is 2.30. The zero-order valence-corrected chi connectivity index (χ0v) is 9.83. The Morgan fingerprint density at radius 1 is 1.50 bits per heavy atom. The molecule has 0 saturated carbocycles. The van der Waals surface area contributed by atoms with Gasteiger partial charge < -0.3 is 5.73 Å². The second-order valence-corrected chi connectivity index (χ2v) is 5.08. The fourth-order valence-corrected chi connectivity index (χ4v) is 1.39. The molecule has 1 atom stereocenters. The molecular formula is C11H21N3. The molecule has 2 N–H and O–H groups in total. The van der Waals surface area contributed by atoms with E-state index in [1.807, 2.05) is 18.7 Å². The summed E-state index contributed by atoms with van der Waals surface area (Å²) >= 11 is 0. The SMILES string of the molecule is C[C@@H](N)Cc1cc(C(C)(C)C)nn1C. The van der Waals surface area contributed by atoms with Crippen LogP contribution < -0.4 is 5.73 Å². The molecule has 1 aromatic rings. The third kappa shape index (κ3) is 2.58. The highest BCUT2D eigenvalue weighted by atomic mass is 15.3. The summed E-state index contributed by atoms with van der Waals surface area (Å²) in [7, 11) is 1.98. The number of aromatic nitrogens is 2. The standard InChI is InChI=1S/C11H21N3/c1-8(12)6-9-7-10(11(2,3)4)13-14(9)5/h7-8H,6,12H2,1-5H3/t8-/m1/s1. The van der Waals surface area contributed by atoms with Crippen molar-refractivity contribution >= 4 is 0 Å². The highest BCUT2D eigenvalue weighted by molar-refractivity contribution is 5.18. The Bertz CT molecular complexity index is 305. The maximum atomic E-state index is 5.77. The van der Waals surface area contributed by atoms with Crippen molar-refractivity contribution in [1.29, 1.82) is 0 Å². The predicted molar refractivity (Wildman–Crippen MR) is 59.3 cm³/mol.